The Bertz CT molecular complexity index is 899. The van der Waals surface area contributed by atoms with Crippen LogP contribution in [0.2, 0.25) is 0 Å². The van der Waals surface area contributed by atoms with Crippen LogP contribution in [0, 0.1) is 0 Å². The molecule has 0 bridgehead atoms. The Labute approximate surface area is 153 Å². The van der Waals surface area contributed by atoms with Gasteiger partial charge < -0.3 is 10.2 Å². The van der Waals surface area contributed by atoms with Gasteiger partial charge in [0.15, 0.2) is 0 Å². The second-order valence-corrected chi connectivity index (χ2v) is 7.02. The van der Waals surface area contributed by atoms with Crippen molar-refractivity contribution in [2.24, 2.45) is 0 Å². The van der Waals surface area contributed by atoms with Gasteiger partial charge in [0.2, 0.25) is 0 Å². The van der Waals surface area contributed by atoms with Gasteiger partial charge in [0.25, 0.3) is 5.91 Å². The summed E-state index contributed by atoms with van der Waals surface area (Å²) in [5, 5.41) is 4.01. The number of aromatic nitrogens is 1. The van der Waals surface area contributed by atoms with Crippen LogP contribution in [0.1, 0.15) is 34.5 Å². The summed E-state index contributed by atoms with van der Waals surface area (Å²) in [6.07, 6.45) is 2.70. The lowest BCUT2D eigenvalue weighted by atomic mass is 10.1. The van der Waals surface area contributed by atoms with Crippen LogP contribution in [-0.2, 0) is 13.1 Å². The Morgan fingerprint density at radius 3 is 2.46 bits per heavy atom. The van der Waals surface area contributed by atoms with E-state index in [0.717, 1.165) is 23.0 Å². The number of pyridine rings is 1. The molecule has 0 atom stereocenters. The van der Waals surface area contributed by atoms with Crippen LogP contribution in [-0.4, -0.2) is 24.0 Å². The third-order valence-electron chi connectivity index (χ3n) is 5.07. The number of fused-ring (bicyclic) bond motifs is 1. The van der Waals surface area contributed by atoms with Crippen molar-refractivity contribution in [2.45, 2.75) is 25.9 Å². The van der Waals surface area contributed by atoms with Crippen LogP contribution in [0.15, 0.2) is 60.7 Å². The lowest BCUT2D eigenvalue weighted by Gasteiger charge is -2.12. The van der Waals surface area contributed by atoms with Crippen molar-refractivity contribution in [3.63, 3.8) is 0 Å². The summed E-state index contributed by atoms with van der Waals surface area (Å²) in [7, 11) is 0. The van der Waals surface area contributed by atoms with Gasteiger partial charge in [-0.15, -0.1) is 0 Å². The molecule has 2 N–H and O–H groups in total. The maximum atomic E-state index is 12.4. The third-order valence-corrected chi connectivity index (χ3v) is 5.07. The number of nitrogens with one attached hydrogen (secondary N) is 2. The molecule has 26 heavy (non-hydrogen) atoms. The fourth-order valence-electron chi connectivity index (χ4n) is 3.58. The third kappa shape index (κ3) is 3.92. The van der Waals surface area contributed by atoms with E-state index in [9.17, 15) is 4.79 Å². The highest BCUT2D eigenvalue weighted by atomic mass is 16.1. The number of likely N-dealkylation sites (tertiary alicyclic amines) is 1. The number of carbonyl (C=O) groups excluding carboxylic acids is 1. The van der Waals surface area contributed by atoms with Gasteiger partial charge in [0.05, 0.1) is 18.6 Å². The fourth-order valence-corrected chi connectivity index (χ4v) is 3.58. The Morgan fingerprint density at radius 2 is 1.65 bits per heavy atom. The Hall–Kier alpha value is -2.72. The maximum Gasteiger partial charge on any atom is 0.270 e. The molecule has 1 amide bonds. The minimum absolute atomic E-state index is 0.138. The normalized spacial score (nSPS) is 14.6. The molecule has 2 heterocycles. The van der Waals surface area contributed by atoms with E-state index in [4.69, 9.17) is 0 Å². The van der Waals surface area contributed by atoms with Crippen LogP contribution in [0.4, 0.5) is 0 Å². The molecule has 1 fully saturated rings. The number of para-hydroxylation sites is 1. The van der Waals surface area contributed by atoms with Crippen LogP contribution >= 0.6 is 0 Å². The van der Waals surface area contributed by atoms with E-state index >= 15 is 0 Å². The number of amides is 1. The molecule has 4 heteroatoms. The second-order valence-electron chi connectivity index (χ2n) is 7.02. The standard InChI is InChI=1S/C22H23N3O/c26-22(21-12-11-19-5-1-2-6-20(19)24-21)23-15-17-7-9-18(10-8-17)16-25-13-3-4-14-25/h1-2,5-12H,3-4,13-16H2,(H,23,26)/p+1. The molecule has 2 aromatic carbocycles. The second kappa shape index (κ2) is 7.67. The van der Waals surface area contributed by atoms with E-state index in [1.807, 2.05) is 30.3 Å². The SMILES string of the molecule is O=C(NCc1ccc(C[NH+]2CCCC2)cc1)c1ccc2ccccc2n1. The van der Waals surface area contributed by atoms with Crippen LogP contribution < -0.4 is 10.2 Å². The molecule has 0 spiro atoms. The quantitative estimate of drug-likeness (QED) is 0.745. The Morgan fingerprint density at radius 1 is 0.923 bits per heavy atom. The molecule has 4 rings (SSSR count). The van der Waals surface area contributed by atoms with E-state index in [1.54, 1.807) is 11.0 Å². The zero-order valence-corrected chi connectivity index (χ0v) is 14.9. The highest BCUT2D eigenvalue weighted by Crippen LogP contribution is 2.12. The number of nitrogens with zero attached hydrogens (tertiary/aromatic N) is 1. The predicted molar refractivity (Wildman–Crippen MR) is 103 cm³/mol. The van der Waals surface area contributed by atoms with Crippen molar-refractivity contribution in [2.75, 3.05) is 13.1 Å². The van der Waals surface area contributed by atoms with E-state index in [0.29, 0.717) is 12.2 Å². The number of hydrogen-bond donors (Lipinski definition) is 2. The average Bonchev–Trinajstić information content (AvgIpc) is 3.20. The first kappa shape index (κ1) is 16.7. The molecule has 1 saturated heterocycles. The molecular formula is C22H24N3O+. The van der Waals surface area contributed by atoms with Crippen molar-refractivity contribution in [3.8, 4) is 0 Å². The topological polar surface area (TPSA) is 46.4 Å². The van der Waals surface area contributed by atoms with Crippen molar-refractivity contribution < 1.29 is 9.69 Å². The van der Waals surface area contributed by atoms with Gasteiger partial charge in [0, 0.05) is 30.3 Å². The van der Waals surface area contributed by atoms with E-state index in [2.05, 4.69) is 34.6 Å². The summed E-state index contributed by atoms with van der Waals surface area (Å²) in [6.45, 7) is 4.20. The van der Waals surface area contributed by atoms with Crippen LogP contribution in [0.25, 0.3) is 10.9 Å². The van der Waals surface area contributed by atoms with Gasteiger partial charge in [-0.1, -0.05) is 48.5 Å². The van der Waals surface area contributed by atoms with Crippen molar-refractivity contribution >= 4 is 16.8 Å². The zero-order chi connectivity index (χ0) is 17.8. The Kier molecular flexibility index (Phi) is 4.93. The number of hydrogen-bond acceptors (Lipinski definition) is 2. The van der Waals surface area contributed by atoms with Gasteiger partial charge in [-0.05, 0) is 17.7 Å². The monoisotopic (exact) mass is 346 g/mol. The van der Waals surface area contributed by atoms with Crippen LogP contribution in [0.5, 0.6) is 0 Å². The summed E-state index contributed by atoms with van der Waals surface area (Å²) in [5.74, 6) is -0.138. The highest BCUT2D eigenvalue weighted by molar-refractivity contribution is 5.94. The molecule has 3 aromatic rings. The molecule has 1 aromatic heterocycles. The van der Waals surface area contributed by atoms with Crippen molar-refractivity contribution in [3.05, 3.63) is 77.5 Å². The smallest absolute Gasteiger partial charge is 0.270 e. The molecule has 4 nitrogen and oxygen atoms in total. The molecular weight excluding hydrogens is 322 g/mol. The molecule has 132 valence electrons. The maximum absolute atomic E-state index is 12.4. The average molecular weight is 346 g/mol. The molecule has 0 unspecified atom stereocenters. The number of quaternary nitrogens is 1. The molecule has 0 aliphatic carbocycles. The van der Waals surface area contributed by atoms with Crippen molar-refractivity contribution in [1.82, 2.24) is 10.3 Å². The van der Waals surface area contributed by atoms with Gasteiger partial charge in [-0.25, -0.2) is 4.98 Å². The minimum atomic E-state index is -0.138. The van der Waals surface area contributed by atoms with E-state index in [1.165, 1.54) is 31.5 Å². The summed E-state index contributed by atoms with van der Waals surface area (Å²) in [4.78, 5) is 18.5. The van der Waals surface area contributed by atoms with Crippen LogP contribution in [0.3, 0.4) is 0 Å². The largest absolute Gasteiger partial charge is 0.347 e. The van der Waals surface area contributed by atoms with Gasteiger partial charge >= 0.3 is 0 Å². The van der Waals surface area contributed by atoms with Gasteiger partial charge in [0.1, 0.15) is 12.2 Å². The van der Waals surface area contributed by atoms with E-state index in [-0.39, 0.29) is 5.91 Å². The molecule has 1 aliphatic heterocycles. The summed E-state index contributed by atoms with van der Waals surface area (Å²) in [5.41, 5.74) is 3.78. The Balaban J connectivity index is 1.35. The fraction of sp³-hybridized carbons (Fsp3) is 0.273. The van der Waals surface area contributed by atoms with Gasteiger partial charge in [-0.2, -0.15) is 0 Å². The summed E-state index contributed by atoms with van der Waals surface area (Å²) >= 11 is 0. The number of benzene rings is 2. The number of rotatable bonds is 5. The highest BCUT2D eigenvalue weighted by Gasteiger charge is 2.15. The van der Waals surface area contributed by atoms with Crippen molar-refractivity contribution in [1.29, 1.82) is 0 Å². The predicted octanol–water partition coefficient (Wildman–Crippen LogP) is 2.34. The summed E-state index contributed by atoms with van der Waals surface area (Å²) < 4.78 is 0. The molecule has 1 aliphatic rings. The van der Waals surface area contributed by atoms with E-state index < -0.39 is 0 Å². The minimum Gasteiger partial charge on any atom is -0.347 e. The first-order valence-electron chi connectivity index (χ1n) is 9.33. The number of carbonyl (C=O) groups is 1. The first-order valence-corrected chi connectivity index (χ1v) is 9.33. The first-order chi connectivity index (χ1) is 12.8. The summed E-state index contributed by atoms with van der Waals surface area (Å²) in [6, 6.07) is 20.1. The zero-order valence-electron chi connectivity index (χ0n) is 14.9. The molecule has 0 saturated carbocycles. The molecule has 0 radical (unpaired) electrons. The lowest BCUT2D eigenvalue weighted by molar-refractivity contribution is -0.901. The lowest BCUT2D eigenvalue weighted by Crippen LogP contribution is -3.08. The van der Waals surface area contributed by atoms with Gasteiger partial charge in [-0.3, -0.25) is 4.79 Å².